The fourth-order valence-corrected chi connectivity index (χ4v) is 3.96. The predicted molar refractivity (Wildman–Crippen MR) is 123 cm³/mol. The molecule has 30 heavy (non-hydrogen) atoms. The van der Waals surface area contributed by atoms with Gasteiger partial charge >= 0.3 is 0 Å². The fraction of sp³-hybridized carbons (Fsp3) is 0.346. The zero-order valence-corrected chi connectivity index (χ0v) is 18.2. The number of amides is 1. The second-order valence-corrected chi connectivity index (χ2v) is 9.22. The average Bonchev–Trinajstić information content (AvgIpc) is 2.67. The smallest absolute Gasteiger partial charge is 0.224 e. The van der Waals surface area contributed by atoms with Crippen LogP contribution in [-0.4, -0.2) is 16.7 Å². The molecule has 3 aromatic rings. The highest BCUT2D eigenvalue weighted by Crippen LogP contribution is 2.30. The molecular formula is C26H30N2O2. The van der Waals surface area contributed by atoms with Gasteiger partial charge in [0.15, 0.2) is 5.78 Å². The van der Waals surface area contributed by atoms with E-state index in [9.17, 15) is 9.59 Å². The van der Waals surface area contributed by atoms with Crippen LogP contribution in [0.4, 0.5) is 5.69 Å². The van der Waals surface area contributed by atoms with Crippen LogP contribution in [0.25, 0.3) is 10.9 Å². The van der Waals surface area contributed by atoms with E-state index >= 15 is 0 Å². The molecule has 0 saturated heterocycles. The SMILES string of the molecule is CC(=O)c1ccc(CC(CC(=O)Nc2cccc3cccnc23)CC(C)(C)C)cc1. The Bertz CT molecular complexity index is 1030. The normalized spacial score (nSPS) is 12.5. The largest absolute Gasteiger partial charge is 0.324 e. The Hall–Kier alpha value is -3.01. The summed E-state index contributed by atoms with van der Waals surface area (Å²) >= 11 is 0. The van der Waals surface area contributed by atoms with Crippen LogP contribution in [0, 0.1) is 11.3 Å². The second-order valence-electron chi connectivity index (χ2n) is 9.22. The van der Waals surface area contributed by atoms with Gasteiger partial charge in [0.05, 0.1) is 11.2 Å². The predicted octanol–water partition coefficient (Wildman–Crippen LogP) is 6.06. The Labute approximate surface area is 178 Å². The topological polar surface area (TPSA) is 59.1 Å². The van der Waals surface area contributed by atoms with Gasteiger partial charge in [-0.15, -0.1) is 0 Å². The molecule has 1 atom stereocenters. The van der Waals surface area contributed by atoms with E-state index in [0.29, 0.717) is 12.0 Å². The van der Waals surface area contributed by atoms with Gasteiger partial charge in [0.25, 0.3) is 0 Å². The van der Waals surface area contributed by atoms with Crippen LogP contribution in [0.15, 0.2) is 60.8 Å². The third-order valence-electron chi connectivity index (χ3n) is 5.17. The van der Waals surface area contributed by atoms with Crippen molar-refractivity contribution in [2.24, 2.45) is 11.3 Å². The number of ketones is 1. The number of aromatic nitrogens is 1. The van der Waals surface area contributed by atoms with E-state index in [1.807, 2.05) is 54.6 Å². The number of nitrogens with zero attached hydrogens (tertiary/aromatic N) is 1. The number of anilines is 1. The molecule has 1 unspecified atom stereocenters. The van der Waals surface area contributed by atoms with E-state index in [-0.39, 0.29) is 23.0 Å². The lowest BCUT2D eigenvalue weighted by atomic mass is 9.80. The van der Waals surface area contributed by atoms with Crippen LogP contribution in [-0.2, 0) is 11.2 Å². The molecule has 0 spiro atoms. The Morgan fingerprint density at radius 1 is 1.00 bits per heavy atom. The zero-order chi connectivity index (χ0) is 21.7. The summed E-state index contributed by atoms with van der Waals surface area (Å²) in [5.41, 5.74) is 3.53. The lowest BCUT2D eigenvalue weighted by molar-refractivity contribution is -0.117. The number of benzene rings is 2. The molecule has 156 valence electrons. The first kappa shape index (κ1) is 21.7. The van der Waals surface area contributed by atoms with E-state index in [1.54, 1.807) is 13.1 Å². The molecule has 3 rings (SSSR count). The van der Waals surface area contributed by atoms with Crippen LogP contribution in [0.2, 0.25) is 0 Å². The molecule has 0 aliphatic rings. The second kappa shape index (κ2) is 9.21. The van der Waals surface area contributed by atoms with Crippen LogP contribution >= 0.6 is 0 Å². The molecule has 1 heterocycles. The maximum absolute atomic E-state index is 12.9. The van der Waals surface area contributed by atoms with Gasteiger partial charge in [-0.05, 0) is 48.8 Å². The van der Waals surface area contributed by atoms with E-state index < -0.39 is 0 Å². The highest BCUT2D eigenvalue weighted by atomic mass is 16.1. The molecule has 1 amide bonds. The molecule has 2 aromatic carbocycles. The number of hydrogen-bond donors (Lipinski definition) is 1. The minimum absolute atomic E-state index is 0.00255. The van der Waals surface area contributed by atoms with Crippen molar-refractivity contribution in [3.63, 3.8) is 0 Å². The first-order valence-corrected chi connectivity index (χ1v) is 10.4. The number of carbonyl (C=O) groups excluding carboxylic acids is 2. The van der Waals surface area contributed by atoms with E-state index in [2.05, 4.69) is 31.1 Å². The van der Waals surface area contributed by atoms with Gasteiger partial charge < -0.3 is 5.32 Å². The van der Waals surface area contributed by atoms with Crippen molar-refractivity contribution in [3.8, 4) is 0 Å². The minimum atomic E-state index is 0.00255. The molecule has 0 saturated carbocycles. The molecule has 0 aliphatic heterocycles. The van der Waals surface area contributed by atoms with Gasteiger partial charge in [0.1, 0.15) is 0 Å². The van der Waals surface area contributed by atoms with Crippen LogP contribution in [0.5, 0.6) is 0 Å². The summed E-state index contributed by atoms with van der Waals surface area (Å²) in [6.07, 6.45) is 3.92. The van der Waals surface area contributed by atoms with Crippen molar-refractivity contribution in [2.75, 3.05) is 5.32 Å². The van der Waals surface area contributed by atoms with E-state index in [1.165, 1.54) is 0 Å². The number of hydrogen-bond acceptors (Lipinski definition) is 3. The monoisotopic (exact) mass is 402 g/mol. The summed E-state index contributed by atoms with van der Waals surface area (Å²) in [5, 5.41) is 4.07. The molecular weight excluding hydrogens is 372 g/mol. The molecule has 1 aromatic heterocycles. The molecule has 1 N–H and O–H groups in total. The Kier molecular flexibility index (Phi) is 6.66. The van der Waals surface area contributed by atoms with Crippen molar-refractivity contribution >= 4 is 28.3 Å². The molecule has 0 bridgehead atoms. The number of rotatable bonds is 7. The number of para-hydroxylation sites is 1. The maximum Gasteiger partial charge on any atom is 0.224 e. The zero-order valence-electron chi connectivity index (χ0n) is 18.2. The van der Waals surface area contributed by atoms with Crippen molar-refractivity contribution < 1.29 is 9.59 Å². The van der Waals surface area contributed by atoms with Crippen molar-refractivity contribution in [2.45, 2.75) is 47.0 Å². The highest BCUT2D eigenvalue weighted by Gasteiger charge is 2.22. The number of nitrogens with one attached hydrogen (secondary N) is 1. The standard InChI is InChI=1S/C26H30N2O2/c1-18(29)21-12-10-19(11-13-21)15-20(17-26(2,3)4)16-24(30)28-23-9-5-7-22-8-6-14-27-25(22)23/h5-14,20H,15-17H2,1-4H3,(H,28,30). The third kappa shape index (κ3) is 5.99. The highest BCUT2D eigenvalue weighted by molar-refractivity contribution is 6.00. The van der Waals surface area contributed by atoms with Gasteiger partial charge in [-0.25, -0.2) is 0 Å². The number of fused-ring (bicyclic) bond motifs is 1. The quantitative estimate of drug-likeness (QED) is 0.489. The molecule has 0 radical (unpaired) electrons. The van der Waals surface area contributed by atoms with Crippen LogP contribution in [0.3, 0.4) is 0 Å². The van der Waals surface area contributed by atoms with E-state index in [0.717, 1.165) is 35.0 Å². The number of carbonyl (C=O) groups is 2. The maximum atomic E-state index is 12.9. The third-order valence-corrected chi connectivity index (χ3v) is 5.17. The van der Waals surface area contributed by atoms with Crippen molar-refractivity contribution in [3.05, 3.63) is 71.9 Å². The van der Waals surface area contributed by atoms with Crippen molar-refractivity contribution in [1.29, 1.82) is 0 Å². The summed E-state index contributed by atoms with van der Waals surface area (Å²) in [4.78, 5) is 28.8. The number of pyridine rings is 1. The molecule has 4 heteroatoms. The minimum Gasteiger partial charge on any atom is -0.324 e. The molecule has 4 nitrogen and oxygen atoms in total. The Balaban J connectivity index is 1.73. The van der Waals surface area contributed by atoms with Crippen LogP contribution < -0.4 is 5.32 Å². The van der Waals surface area contributed by atoms with Gasteiger partial charge in [0.2, 0.25) is 5.91 Å². The average molecular weight is 403 g/mol. The van der Waals surface area contributed by atoms with Crippen molar-refractivity contribution in [1.82, 2.24) is 4.98 Å². The lowest BCUT2D eigenvalue weighted by Crippen LogP contribution is -2.22. The summed E-state index contributed by atoms with van der Waals surface area (Å²) in [5.74, 6) is 0.273. The van der Waals surface area contributed by atoms with Gasteiger partial charge in [-0.2, -0.15) is 0 Å². The fourth-order valence-electron chi connectivity index (χ4n) is 3.96. The number of Topliss-reactive ketones (excluding diaryl/α,β-unsaturated/α-hetero) is 1. The van der Waals surface area contributed by atoms with Gasteiger partial charge in [-0.1, -0.05) is 63.2 Å². The Morgan fingerprint density at radius 2 is 1.70 bits per heavy atom. The first-order valence-electron chi connectivity index (χ1n) is 10.4. The van der Waals surface area contributed by atoms with Gasteiger partial charge in [-0.3, -0.25) is 14.6 Å². The summed E-state index contributed by atoms with van der Waals surface area (Å²) < 4.78 is 0. The van der Waals surface area contributed by atoms with E-state index in [4.69, 9.17) is 0 Å². The first-order chi connectivity index (χ1) is 14.2. The molecule has 0 fully saturated rings. The summed E-state index contributed by atoms with van der Waals surface area (Å²) in [7, 11) is 0. The summed E-state index contributed by atoms with van der Waals surface area (Å²) in [6.45, 7) is 8.17. The van der Waals surface area contributed by atoms with Crippen LogP contribution in [0.1, 0.15) is 56.5 Å². The lowest BCUT2D eigenvalue weighted by Gasteiger charge is -2.26. The Morgan fingerprint density at radius 3 is 2.37 bits per heavy atom. The molecule has 0 aliphatic carbocycles. The van der Waals surface area contributed by atoms with Gasteiger partial charge in [0, 0.05) is 23.6 Å². The summed E-state index contributed by atoms with van der Waals surface area (Å²) in [6, 6.07) is 17.4.